The monoisotopic (exact) mass is 373 g/mol. The van der Waals surface area contributed by atoms with Crippen molar-refractivity contribution in [3.05, 3.63) is 52.6 Å². The van der Waals surface area contributed by atoms with Crippen molar-refractivity contribution >= 4 is 33.7 Å². The molecule has 9 nitrogen and oxygen atoms in total. The fraction of sp³-hybridized carbons (Fsp3) is 0.263. The number of ketones is 1. The van der Waals surface area contributed by atoms with E-state index in [4.69, 9.17) is 6.57 Å². The highest BCUT2D eigenvalue weighted by atomic mass is 16.1. The molecule has 0 radical (unpaired) electrons. The number of imidazole rings is 2. The van der Waals surface area contributed by atoms with E-state index < -0.39 is 0 Å². The summed E-state index contributed by atoms with van der Waals surface area (Å²) in [6.07, 6.45) is 5.41. The highest BCUT2D eigenvalue weighted by Crippen LogP contribution is 2.28. The molecule has 1 saturated carbocycles. The minimum atomic E-state index is -0.244. The zero-order valence-corrected chi connectivity index (χ0v) is 14.8. The van der Waals surface area contributed by atoms with Crippen LogP contribution in [-0.4, -0.2) is 34.9 Å². The number of nitrogens with one attached hydrogen (secondary N) is 1. The van der Waals surface area contributed by atoms with Crippen LogP contribution < -0.4 is 5.69 Å². The normalized spacial score (nSPS) is 15.3. The van der Waals surface area contributed by atoms with Gasteiger partial charge < -0.3 is 4.98 Å². The number of nitrogens with zero attached hydrogens (tertiary/aromatic N) is 6. The summed E-state index contributed by atoms with van der Waals surface area (Å²) in [6.45, 7) is 7.21. The summed E-state index contributed by atoms with van der Waals surface area (Å²) in [5.41, 5.74) is 2.77. The van der Waals surface area contributed by atoms with Gasteiger partial charge in [0.2, 0.25) is 5.95 Å². The molecule has 28 heavy (non-hydrogen) atoms. The van der Waals surface area contributed by atoms with Crippen LogP contribution in [0.25, 0.3) is 33.0 Å². The average Bonchev–Trinajstić information content (AvgIpc) is 3.27. The van der Waals surface area contributed by atoms with Gasteiger partial charge in [0, 0.05) is 18.9 Å². The molecule has 0 bridgehead atoms. The Kier molecular flexibility index (Phi) is 3.58. The van der Waals surface area contributed by atoms with Crippen molar-refractivity contribution in [2.45, 2.75) is 31.7 Å². The van der Waals surface area contributed by atoms with Gasteiger partial charge in [-0.3, -0.25) is 13.9 Å². The molecular weight excluding hydrogens is 358 g/mol. The topological polar surface area (TPSA) is 103 Å². The van der Waals surface area contributed by atoms with Gasteiger partial charge in [-0.05, 0) is 25.0 Å². The maximum absolute atomic E-state index is 12.5. The number of Topliss-reactive ketones (excluding diaryl/α,β-unsaturated/α-hetero) is 1. The Morgan fingerprint density at radius 3 is 2.79 bits per heavy atom. The first-order chi connectivity index (χ1) is 13.6. The Morgan fingerprint density at radius 1 is 1.18 bits per heavy atom. The van der Waals surface area contributed by atoms with Gasteiger partial charge in [-0.1, -0.05) is 6.07 Å². The van der Waals surface area contributed by atoms with Gasteiger partial charge in [0.25, 0.3) is 0 Å². The molecule has 1 N–H and O–H groups in total. The molecule has 0 saturated heterocycles. The molecule has 3 aromatic heterocycles. The maximum atomic E-state index is 12.5. The van der Waals surface area contributed by atoms with Crippen molar-refractivity contribution in [1.82, 2.24) is 29.1 Å². The molecule has 3 heterocycles. The van der Waals surface area contributed by atoms with Crippen LogP contribution in [0.5, 0.6) is 0 Å². The van der Waals surface area contributed by atoms with Crippen LogP contribution in [0.2, 0.25) is 0 Å². The number of hydrogen-bond donors (Lipinski definition) is 1. The van der Waals surface area contributed by atoms with Crippen LogP contribution in [0.1, 0.15) is 31.7 Å². The lowest BCUT2D eigenvalue weighted by Crippen LogP contribution is -2.26. The largest absolute Gasteiger partial charge is 0.327 e. The SMILES string of the molecule is [C-]#[N+]c1ccc2ncn(-c3ncc4[nH]c(=O)n(C5CCC(=O)CC5)c4n3)c2c1. The third-order valence-electron chi connectivity index (χ3n) is 5.20. The number of hydrogen-bond acceptors (Lipinski definition) is 5. The van der Waals surface area contributed by atoms with E-state index in [1.165, 1.54) is 0 Å². The third kappa shape index (κ3) is 2.50. The maximum Gasteiger partial charge on any atom is 0.327 e. The quantitative estimate of drug-likeness (QED) is 0.544. The molecule has 138 valence electrons. The van der Waals surface area contributed by atoms with Crippen molar-refractivity contribution in [2.75, 3.05) is 0 Å². The number of carbonyl (C=O) groups excluding carboxylic acids is 1. The van der Waals surface area contributed by atoms with Crippen LogP contribution >= 0.6 is 0 Å². The number of benzene rings is 1. The van der Waals surface area contributed by atoms with Crippen LogP contribution in [0.3, 0.4) is 0 Å². The zero-order chi connectivity index (χ0) is 19.3. The van der Waals surface area contributed by atoms with Gasteiger partial charge in [0.15, 0.2) is 11.3 Å². The van der Waals surface area contributed by atoms with Crippen molar-refractivity contribution in [3.63, 3.8) is 0 Å². The minimum Gasteiger partial charge on any atom is -0.303 e. The predicted molar refractivity (Wildman–Crippen MR) is 102 cm³/mol. The standard InChI is InChI=1S/C19H15N7O2/c1-20-11-2-7-14-16(8-11)25(10-22-14)18-21-9-15-17(24-18)26(19(28)23-15)12-3-5-13(27)6-4-12/h2,7-10,12H,3-6H2,(H,23,28). The second kappa shape index (κ2) is 6.13. The first-order valence-corrected chi connectivity index (χ1v) is 8.98. The van der Waals surface area contributed by atoms with E-state index in [0.29, 0.717) is 48.5 Å². The van der Waals surface area contributed by atoms with Crippen LogP contribution in [0, 0.1) is 6.57 Å². The van der Waals surface area contributed by atoms with E-state index >= 15 is 0 Å². The van der Waals surface area contributed by atoms with Gasteiger partial charge in [-0.2, -0.15) is 4.98 Å². The second-order valence-corrected chi connectivity index (χ2v) is 6.88. The summed E-state index contributed by atoms with van der Waals surface area (Å²) in [5, 5.41) is 0. The molecule has 0 amide bonds. The van der Waals surface area contributed by atoms with E-state index in [1.54, 1.807) is 39.9 Å². The number of H-pyrrole nitrogens is 1. The predicted octanol–water partition coefficient (Wildman–Crippen LogP) is 2.69. The molecular formula is C19H15N7O2. The summed E-state index contributed by atoms with van der Waals surface area (Å²) in [4.78, 5) is 43.7. The van der Waals surface area contributed by atoms with Crippen molar-refractivity contribution in [3.8, 4) is 5.95 Å². The summed E-state index contributed by atoms with van der Waals surface area (Å²) in [5.74, 6) is 0.608. The molecule has 5 rings (SSSR count). The lowest BCUT2D eigenvalue weighted by molar-refractivity contribution is -0.120. The number of rotatable bonds is 2. The first-order valence-electron chi connectivity index (χ1n) is 8.98. The molecule has 1 aromatic carbocycles. The molecule has 0 atom stereocenters. The summed E-state index contributed by atoms with van der Waals surface area (Å²) in [6, 6.07) is 5.17. The molecule has 0 spiro atoms. The molecule has 1 aliphatic carbocycles. The summed E-state index contributed by atoms with van der Waals surface area (Å²) >= 11 is 0. The van der Waals surface area contributed by atoms with Gasteiger partial charge >= 0.3 is 5.69 Å². The summed E-state index contributed by atoms with van der Waals surface area (Å²) in [7, 11) is 0. The highest BCUT2D eigenvalue weighted by molar-refractivity contribution is 5.81. The van der Waals surface area contributed by atoms with Crippen LogP contribution in [0.4, 0.5) is 5.69 Å². The Hall–Kier alpha value is -3.80. The minimum absolute atomic E-state index is 0.0602. The molecule has 1 aliphatic rings. The van der Waals surface area contributed by atoms with Gasteiger partial charge in [0.05, 0.1) is 23.8 Å². The smallest absolute Gasteiger partial charge is 0.303 e. The molecule has 1 fully saturated rings. The molecule has 9 heteroatoms. The van der Waals surface area contributed by atoms with Crippen molar-refractivity contribution in [1.29, 1.82) is 0 Å². The third-order valence-corrected chi connectivity index (χ3v) is 5.20. The fourth-order valence-electron chi connectivity index (χ4n) is 3.77. The van der Waals surface area contributed by atoms with E-state index in [1.807, 2.05) is 0 Å². The van der Waals surface area contributed by atoms with Crippen molar-refractivity contribution in [2.24, 2.45) is 0 Å². The van der Waals surface area contributed by atoms with Crippen LogP contribution in [-0.2, 0) is 4.79 Å². The van der Waals surface area contributed by atoms with E-state index in [-0.39, 0.29) is 17.5 Å². The van der Waals surface area contributed by atoms with Gasteiger partial charge in [-0.25, -0.2) is 19.6 Å². The van der Waals surface area contributed by atoms with E-state index in [9.17, 15) is 9.59 Å². The Morgan fingerprint density at radius 2 is 2.00 bits per heavy atom. The number of aromatic nitrogens is 6. The number of aromatic amines is 1. The van der Waals surface area contributed by atoms with Gasteiger partial charge in [0.1, 0.15) is 17.6 Å². The van der Waals surface area contributed by atoms with Crippen LogP contribution in [0.15, 0.2) is 35.5 Å². The molecule has 0 aliphatic heterocycles. The lowest BCUT2D eigenvalue weighted by Gasteiger charge is -2.21. The fourth-order valence-corrected chi connectivity index (χ4v) is 3.77. The summed E-state index contributed by atoms with van der Waals surface area (Å²) < 4.78 is 3.34. The first kappa shape index (κ1) is 16.4. The highest BCUT2D eigenvalue weighted by Gasteiger charge is 2.24. The van der Waals surface area contributed by atoms with E-state index in [2.05, 4.69) is 24.8 Å². The average molecular weight is 373 g/mol. The van der Waals surface area contributed by atoms with E-state index in [0.717, 1.165) is 11.0 Å². The zero-order valence-electron chi connectivity index (χ0n) is 14.8. The molecule has 4 aromatic rings. The lowest BCUT2D eigenvalue weighted by atomic mass is 9.94. The van der Waals surface area contributed by atoms with Gasteiger partial charge in [-0.15, -0.1) is 0 Å². The number of carbonyl (C=O) groups is 1. The Labute approximate surface area is 158 Å². The Balaban J connectivity index is 1.66. The Bertz CT molecular complexity index is 1330. The number of fused-ring (bicyclic) bond motifs is 2. The van der Waals surface area contributed by atoms with Crippen molar-refractivity contribution < 1.29 is 4.79 Å². The second-order valence-electron chi connectivity index (χ2n) is 6.88. The molecule has 0 unspecified atom stereocenters.